The van der Waals surface area contributed by atoms with E-state index in [0.717, 1.165) is 19.3 Å². The molecule has 2 bridgehead atoms. The molecule has 2 amide bonds. The fourth-order valence-electron chi connectivity index (χ4n) is 5.74. The molecular formula is C22H34N2O5S. The molecule has 0 aromatic rings. The number of amides is 2. The summed E-state index contributed by atoms with van der Waals surface area (Å²) in [5, 5.41) is 19.3. The van der Waals surface area contributed by atoms with Gasteiger partial charge in [0.05, 0.1) is 16.6 Å². The van der Waals surface area contributed by atoms with E-state index in [9.17, 15) is 24.6 Å². The van der Waals surface area contributed by atoms with E-state index in [-0.39, 0.29) is 25.0 Å². The number of carboxylic acids is 1. The number of hydrogen-bond donors (Lipinski definition) is 2. The molecule has 1 spiro atoms. The quantitative estimate of drug-likeness (QED) is 0.379. The Morgan fingerprint density at radius 3 is 2.67 bits per heavy atom. The minimum atomic E-state index is -0.953. The summed E-state index contributed by atoms with van der Waals surface area (Å²) in [6.07, 6.45) is 6.36. The van der Waals surface area contributed by atoms with Crippen LogP contribution in [0, 0.1) is 11.8 Å². The number of thioether (sulfide) groups is 1. The average Bonchev–Trinajstić information content (AvgIpc) is 3.26. The van der Waals surface area contributed by atoms with Gasteiger partial charge in [-0.15, -0.1) is 18.3 Å². The normalized spacial score (nSPS) is 34.3. The second-order valence-corrected chi connectivity index (χ2v) is 10.9. The predicted molar refractivity (Wildman–Crippen MR) is 116 cm³/mol. The highest BCUT2D eigenvalue weighted by Gasteiger charge is 2.77. The number of aliphatic hydroxyl groups is 1. The Morgan fingerprint density at radius 2 is 2.07 bits per heavy atom. The van der Waals surface area contributed by atoms with E-state index in [1.807, 2.05) is 6.92 Å². The van der Waals surface area contributed by atoms with E-state index in [4.69, 9.17) is 0 Å². The predicted octanol–water partition coefficient (Wildman–Crippen LogP) is 2.14. The molecule has 3 aliphatic rings. The smallest absolute Gasteiger partial charge is 0.308 e. The fourth-order valence-corrected chi connectivity index (χ4v) is 8.08. The van der Waals surface area contributed by atoms with E-state index in [2.05, 4.69) is 13.5 Å². The van der Waals surface area contributed by atoms with Crippen LogP contribution in [-0.4, -0.2) is 79.6 Å². The first-order valence-electron chi connectivity index (χ1n) is 11.0. The SMILES string of the molecule is C=CCN(CCCCC)C(=O)C1N(CCCO)C(=O)[C@@H]2[C@H](C(=O)O)[C@]3(C)CCC12S3. The number of rotatable bonds is 11. The molecule has 5 atom stereocenters. The highest BCUT2D eigenvalue weighted by molar-refractivity contribution is 8.02. The third-order valence-corrected chi connectivity index (χ3v) is 9.01. The Hall–Kier alpha value is -1.54. The second-order valence-electron chi connectivity index (χ2n) is 8.95. The summed E-state index contributed by atoms with van der Waals surface area (Å²) in [6, 6.07) is -0.681. The maximum atomic E-state index is 13.8. The molecule has 0 saturated carbocycles. The van der Waals surface area contributed by atoms with Gasteiger partial charge in [0, 0.05) is 31.0 Å². The standard InChI is InChI=1S/C22H34N2O5S/c1-4-6-7-12-23(11-5-2)19(27)17-22-10-9-21(3,30-22)16(20(28)29)15(22)18(26)24(17)13-8-14-25/h5,15-17,25H,2,4,6-14H2,1,3H3,(H,28,29)/t15-,16+,17?,21-,22?/m0/s1. The van der Waals surface area contributed by atoms with Gasteiger partial charge in [-0.25, -0.2) is 0 Å². The van der Waals surface area contributed by atoms with Gasteiger partial charge in [-0.05, 0) is 32.6 Å². The summed E-state index contributed by atoms with van der Waals surface area (Å²) < 4.78 is -1.23. The largest absolute Gasteiger partial charge is 0.481 e. The summed E-state index contributed by atoms with van der Waals surface area (Å²) in [6.45, 7) is 9.02. The zero-order chi connectivity index (χ0) is 22.1. The van der Waals surface area contributed by atoms with Crippen molar-refractivity contribution in [1.82, 2.24) is 9.80 Å². The van der Waals surface area contributed by atoms with Crippen LogP contribution in [-0.2, 0) is 14.4 Å². The van der Waals surface area contributed by atoms with E-state index in [0.29, 0.717) is 32.4 Å². The molecule has 3 saturated heterocycles. The first-order valence-corrected chi connectivity index (χ1v) is 11.8. The van der Waals surface area contributed by atoms with Crippen LogP contribution in [0.15, 0.2) is 12.7 Å². The van der Waals surface area contributed by atoms with Gasteiger partial charge < -0.3 is 20.0 Å². The van der Waals surface area contributed by atoms with Crippen LogP contribution in [0.2, 0.25) is 0 Å². The van der Waals surface area contributed by atoms with Crippen molar-refractivity contribution in [2.45, 2.75) is 67.9 Å². The van der Waals surface area contributed by atoms with Crippen LogP contribution >= 0.6 is 11.8 Å². The molecule has 0 aliphatic carbocycles. The highest BCUT2D eigenvalue weighted by Crippen LogP contribution is 2.71. The zero-order valence-electron chi connectivity index (χ0n) is 18.0. The third-order valence-electron chi connectivity index (χ3n) is 7.03. The summed E-state index contributed by atoms with van der Waals surface area (Å²) in [7, 11) is 0. The lowest BCUT2D eigenvalue weighted by Gasteiger charge is -2.37. The summed E-state index contributed by atoms with van der Waals surface area (Å²) in [5.41, 5.74) is 0. The van der Waals surface area contributed by atoms with Crippen molar-refractivity contribution in [3.05, 3.63) is 12.7 Å². The van der Waals surface area contributed by atoms with Crippen LogP contribution in [0.3, 0.4) is 0 Å². The summed E-state index contributed by atoms with van der Waals surface area (Å²) in [5.74, 6) is -2.77. The van der Waals surface area contributed by atoms with Crippen LogP contribution in [0.25, 0.3) is 0 Å². The Morgan fingerprint density at radius 1 is 1.33 bits per heavy atom. The number of hydrogen-bond acceptors (Lipinski definition) is 5. The molecule has 7 nitrogen and oxygen atoms in total. The monoisotopic (exact) mass is 438 g/mol. The van der Waals surface area contributed by atoms with Gasteiger partial charge in [0.25, 0.3) is 0 Å². The van der Waals surface area contributed by atoms with Crippen molar-refractivity contribution in [3.63, 3.8) is 0 Å². The Balaban J connectivity index is 1.99. The number of fused-ring (bicyclic) bond motifs is 1. The molecule has 0 aromatic heterocycles. The summed E-state index contributed by atoms with van der Waals surface area (Å²) in [4.78, 5) is 42.8. The molecule has 3 fully saturated rings. The van der Waals surface area contributed by atoms with Gasteiger partial charge in [0.15, 0.2) is 0 Å². The Kier molecular flexibility index (Phi) is 6.87. The topological polar surface area (TPSA) is 98.2 Å². The summed E-state index contributed by atoms with van der Waals surface area (Å²) >= 11 is 1.55. The van der Waals surface area contributed by atoms with Gasteiger partial charge >= 0.3 is 5.97 Å². The van der Waals surface area contributed by atoms with E-state index in [1.165, 1.54) is 0 Å². The lowest BCUT2D eigenvalue weighted by atomic mass is 9.66. The number of nitrogens with zero attached hydrogens (tertiary/aromatic N) is 2. The van der Waals surface area contributed by atoms with E-state index < -0.39 is 33.3 Å². The van der Waals surface area contributed by atoms with Crippen molar-refractivity contribution in [1.29, 1.82) is 0 Å². The number of carbonyl (C=O) groups is 3. The van der Waals surface area contributed by atoms with Crippen LogP contribution in [0.4, 0.5) is 0 Å². The number of likely N-dealkylation sites (tertiary alicyclic amines) is 1. The molecular weight excluding hydrogens is 404 g/mol. The Bertz CT molecular complexity index is 716. The minimum absolute atomic E-state index is 0.0809. The van der Waals surface area contributed by atoms with Crippen molar-refractivity contribution in [3.8, 4) is 0 Å². The first-order chi connectivity index (χ1) is 14.3. The van der Waals surface area contributed by atoms with Crippen LogP contribution in [0.5, 0.6) is 0 Å². The molecule has 3 aliphatic heterocycles. The van der Waals surface area contributed by atoms with Gasteiger partial charge in [0.2, 0.25) is 11.8 Å². The van der Waals surface area contributed by atoms with Gasteiger partial charge in [-0.1, -0.05) is 25.8 Å². The van der Waals surface area contributed by atoms with Gasteiger partial charge in [0.1, 0.15) is 6.04 Å². The Labute approximate surface area is 182 Å². The average molecular weight is 439 g/mol. The maximum absolute atomic E-state index is 13.8. The minimum Gasteiger partial charge on any atom is -0.481 e. The van der Waals surface area contributed by atoms with E-state index in [1.54, 1.807) is 27.6 Å². The van der Waals surface area contributed by atoms with Gasteiger partial charge in [-0.2, -0.15) is 0 Å². The van der Waals surface area contributed by atoms with Crippen molar-refractivity contribution >= 4 is 29.5 Å². The van der Waals surface area contributed by atoms with Crippen LogP contribution in [0.1, 0.15) is 52.4 Å². The number of aliphatic carboxylic acids is 1. The molecule has 168 valence electrons. The zero-order valence-corrected chi connectivity index (χ0v) is 18.8. The molecule has 3 rings (SSSR count). The highest BCUT2D eigenvalue weighted by atomic mass is 32.2. The third kappa shape index (κ3) is 3.55. The molecule has 30 heavy (non-hydrogen) atoms. The maximum Gasteiger partial charge on any atom is 0.308 e. The number of aliphatic hydroxyl groups excluding tert-OH is 1. The first kappa shape index (κ1) is 23.1. The van der Waals surface area contributed by atoms with Crippen molar-refractivity contribution in [2.75, 3.05) is 26.2 Å². The molecule has 0 aromatic carbocycles. The number of carbonyl (C=O) groups excluding carboxylic acids is 2. The van der Waals surface area contributed by atoms with Crippen molar-refractivity contribution < 1.29 is 24.6 Å². The number of unbranched alkanes of at least 4 members (excludes halogenated alkanes) is 2. The van der Waals surface area contributed by atoms with Crippen molar-refractivity contribution in [2.24, 2.45) is 11.8 Å². The fraction of sp³-hybridized carbons (Fsp3) is 0.773. The molecule has 2 N–H and O–H groups in total. The van der Waals surface area contributed by atoms with Crippen LogP contribution < -0.4 is 0 Å². The van der Waals surface area contributed by atoms with E-state index >= 15 is 0 Å². The molecule has 2 unspecified atom stereocenters. The molecule has 0 radical (unpaired) electrons. The van der Waals surface area contributed by atoms with Gasteiger partial charge in [-0.3, -0.25) is 14.4 Å². The molecule has 8 heteroatoms. The second kappa shape index (κ2) is 8.91. The lowest BCUT2D eigenvalue weighted by molar-refractivity contribution is -0.150. The lowest BCUT2D eigenvalue weighted by Crippen LogP contribution is -2.55. The number of carboxylic acid groups (broad SMARTS) is 1. The molecule has 3 heterocycles.